The fraction of sp³-hybridized carbons (Fsp3) is 0.346. The van der Waals surface area contributed by atoms with Crippen LogP contribution in [0.2, 0.25) is 0 Å². The van der Waals surface area contributed by atoms with Gasteiger partial charge in [0.15, 0.2) is 5.41 Å². The molecule has 1 aliphatic rings. The van der Waals surface area contributed by atoms with Gasteiger partial charge < -0.3 is 18.9 Å². The number of carbonyl (C=O) groups excluding carboxylic acids is 3. The maximum absolute atomic E-state index is 13.2. The van der Waals surface area contributed by atoms with E-state index in [1.165, 1.54) is 0 Å². The maximum Gasteiger partial charge on any atom is 0.338 e. The molecule has 2 aromatic rings. The van der Waals surface area contributed by atoms with Crippen molar-refractivity contribution in [3.8, 4) is 5.75 Å². The Bertz CT molecular complexity index is 1020. The standard InChI is InChI=1S/C26H28O7/c1-5-30-23(27)18-12-14-20(15-13-18)33-17(4)22-21-11-9-8-10-19(21)16-26(22,24(28)31-6-2)25(29)32-7-3/h8-15,22H,4-7,16H2,1-3H3. The SMILES string of the molecule is C=C(Oc1ccc(C(=O)OCC)cc1)C1c2ccccc2CC1(C(=O)OCC)C(=O)OCC. The normalized spacial score (nSPS) is 15.8. The lowest BCUT2D eigenvalue weighted by Gasteiger charge is -2.32. The number of allylic oxidation sites excluding steroid dienone is 1. The van der Waals surface area contributed by atoms with E-state index in [1.807, 2.05) is 24.3 Å². The topological polar surface area (TPSA) is 88.1 Å². The predicted octanol–water partition coefficient (Wildman–Crippen LogP) is 4.21. The van der Waals surface area contributed by atoms with Crippen molar-refractivity contribution < 1.29 is 33.3 Å². The molecule has 0 fully saturated rings. The van der Waals surface area contributed by atoms with Crippen LogP contribution < -0.4 is 4.74 Å². The van der Waals surface area contributed by atoms with Gasteiger partial charge in [0.05, 0.1) is 31.3 Å². The van der Waals surface area contributed by atoms with Crippen LogP contribution >= 0.6 is 0 Å². The summed E-state index contributed by atoms with van der Waals surface area (Å²) in [6, 6.07) is 13.8. The summed E-state index contributed by atoms with van der Waals surface area (Å²) in [4.78, 5) is 38.4. The van der Waals surface area contributed by atoms with E-state index in [2.05, 4.69) is 6.58 Å². The predicted molar refractivity (Wildman–Crippen MR) is 121 cm³/mol. The van der Waals surface area contributed by atoms with Gasteiger partial charge in [-0.3, -0.25) is 9.59 Å². The smallest absolute Gasteiger partial charge is 0.338 e. The third-order valence-corrected chi connectivity index (χ3v) is 5.54. The fourth-order valence-electron chi connectivity index (χ4n) is 4.16. The van der Waals surface area contributed by atoms with E-state index in [4.69, 9.17) is 18.9 Å². The van der Waals surface area contributed by atoms with Crippen molar-refractivity contribution in [2.24, 2.45) is 5.41 Å². The molecule has 0 bridgehead atoms. The number of ether oxygens (including phenoxy) is 4. The average Bonchev–Trinajstić information content (AvgIpc) is 3.16. The van der Waals surface area contributed by atoms with Gasteiger partial charge in [-0.2, -0.15) is 0 Å². The maximum atomic E-state index is 13.2. The minimum absolute atomic E-state index is 0.117. The molecule has 1 atom stereocenters. The minimum atomic E-state index is -1.64. The monoisotopic (exact) mass is 452 g/mol. The molecule has 0 spiro atoms. The molecule has 0 saturated heterocycles. The Kier molecular flexibility index (Phi) is 7.53. The molecule has 1 aliphatic carbocycles. The van der Waals surface area contributed by atoms with Crippen LogP contribution in [-0.4, -0.2) is 37.7 Å². The lowest BCUT2D eigenvalue weighted by Crippen LogP contribution is -2.46. The van der Waals surface area contributed by atoms with Crippen LogP contribution in [0.3, 0.4) is 0 Å². The summed E-state index contributed by atoms with van der Waals surface area (Å²) in [5.74, 6) is -1.99. The summed E-state index contributed by atoms with van der Waals surface area (Å²) in [5, 5.41) is 0. The van der Waals surface area contributed by atoms with Gasteiger partial charge in [0.1, 0.15) is 11.5 Å². The van der Waals surface area contributed by atoms with Crippen molar-refractivity contribution in [2.75, 3.05) is 19.8 Å². The lowest BCUT2D eigenvalue weighted by molar-refractivity contribution is -0.173. The van der Waals surface area contributed by atoms with E-state index in [1.54, 1.807) is 45.0 Å². The van der Waals surface area contributed by atoms with Crippen molar-refractivity contribution >= 4 is 17.9 Å². The van der Waals surface area contributed by atoms with E-state index in [9.17, 15) is 14.4 Å². The summed E-state index contributed by atoms with van der Waals surface area (Å²) in [7, 11) is 0. The molecule has 0 amide bonds. The summed E-state index contributed by atoms with van der Waals surface area (Å²) in [6.07, 6.45) is 0.121. The first kappa shape index (κ1) is 24.0. The number of rotatable bonds is 9. The van der Waals surface area contributed by atoms with Gasteiger partial charge in [-0.15, -0.1) is 0 Å². The molecule has 0 radical (unpaired) electrons. The van der Waals surface area contributed by atoms with Gasteiger partial charge in [0, 0.05) is 6.42 Å². The number of esters is 3. The van der Waals surface area contributed by atoms with Gasteiger partial charge in [-0.05, 0) is 56.2 Å². The molecular formula is C26H28O7. The Morgan fingerprint density at radius 3 is 2.03 bits per heavy atom. The number of carbonyl (C=O) groups is 3. The zero-order chi connectivity index (χ0) is 24.0. The second-order valence-electron chi connectivity index (χ2n) is 7.53. The Morgan fingerprint density at radius 2 is 1.45 bits per heavy atom. The summed E-state index contributed by atoms with van der Waals surface area (Å²) in [6.45, 7) is 9.68. The molecule has 0 aliphatic heterocycles. The highest BCUT2D eigenvalue weighted by molar-refractivity contribution is 6.03. The van der Waals surface area contributed by atoms with Crippen molar-refractivity contribution in [1.29, 1.82) is 0 Å². The van der Waals surface area contributed by atoms with Crippen molar-refractivity contribution in [3.05, 3.63) is 77.6 Å². The van der Waals surface area contributed by atoms with Crippen LogP contribution in [0.5, 0.6) is 5.75 Å². The molecule has 7 nitrogen and oxygen atoms in total. The first-order valence-corrected chi connectivity index (χ1v) is 10.9. The molecule has 1 unspecified atom stereocenters. The number of benzene rings is 2. The van der Waals surface area contributed by atoms with E-state index in [0.29, 0.717) is 11.3 Å². The summed E-state index contributed by atoms with van der Waals surface area (Å²) in [5.41, 5.74) is 0.323. The quantitative estimate of drug-likeness (QED) is 0.244. The number of fused-ring (bicyclic) bond motifs is 1. The second-order valence-corrected chi connectivity index (χ2v) is 7.53. The van der Waals surface area contributed by atoms with E-state index >= 15 is 0 Å². The zero-order valence-electron chi connectivity index (χ0n) is 19.1. The highest BCUT2D eigenvalue weighted by Crippen LogP contribution is 2.52. The average molecular weight is 453 g/mol. The van der Waals surface area contributed by atoms with Gasteiger partial charge >= 0.3 is 17.9 Å². The number of hydrogen-bond donors (Lipinski definition) is 0. The first-order valence-electron chi connectivity index (χ1n) is 10.9. The lowest BCUT2D eigenvalue weighted by atomic mass is 9.75. The molecule has 0 aromatic heterocycles. The van der Waals surface area contributed by atoms with Gasteiger partial charge in [-0.1, -0.05) is 30.8 Å². The summed E-state index contributed by atoms with van der Waals surface area (Å²) >= 11 is 0. The minimum Gasteiger partial charge on any atom is -0.465 e. The second kappa shape index (κ2) is 10.3. The summed E-state index contributed by atoms with van der Waals surface area (Å²) < 4.78 is 21.7. The first-order chi connectivity index (χ1) is 15.9. The van der Waals surface area contributed by atoms with Crippen molar-refractivity contribution in [2.45, 2.75) is 33.1 Å². The van der Waals surface area contributed by atoms with E-state index in [0.717, 1.165) is 11.1 Å². The molecule has 174 valence electrons. The Hall–Kier alpha value is -3.61. The largest absolute Gasteiger partial charge is 0.465 e. The van der Waals surface area contributed by atoms with Gasteiger partial charge in [-0.25, -0.2) is 4.79 Å². The van der Waals surface area contributed by atoms with Crippen LogP contribution in [0.4, 0.5) is 0 Å². The molecule has 2 aromatic carbocycles. The molecule has 33 heavy (non-hydrogen) atoms. The fourth-order valence-corrected chi connectivity index (χ4v) is 4.16. The van der Waals surface area contributed by atoms with Gasteiger partial charge in [0.25, 0.3) is 0 Å². The van der Waals surface area contributed by atoms with Crippen LogP contribution in [-0.2, 0) is 30.2 Å². The zero-order valence-corrected chi connectivity index (χ0v) is 19.1. The van der Waals surface area contributed by atoms with Gasteiger partial charge in [0.2, 0.25) is 0 Å². The Balaban J connectivity index is 1.98. The van der Waals surface area contributed by atoms with Crippen LogP contribution in [0, 0.1) is 5.41 Å². The van der Waals surface area contributed by atoms with Crippen LogP contribution in [0.25, 0.3) is 0 Å². The third-order valence-electron chi connectivity index (χ3n) is 5.54. The molecule has 3 rings (SSSR count). The molecule has 0 N–H and O–H groups in total. The van der Waals surface area contributed by atoms with E-state index in [-0.39, 0.29) is 32.0 Å². The molecular weight excluding hydrogens is 424 g/mol. The highest BCUT2D eigenvalue weighted by Gasteiger charge is 2.61. The molecule has 0 saturated carbocycles. The van der Waals surface area contributed by atoms with E-state index < -0.39 is 29.2 Å². The molecule has 7 heteroatoms. The third kappa shape index (κ3) is 4.62. The van der Waals surface area contributed by atoms with Crippen LogP contribution in [0.1, 0.15) is 48.2 Å². The molecule has 0 heterocycles. The highest BCUT2D eigenvalue weighted by atomic mass is 16.6. The Labute approximate surface area is 193 Å². The van der Waals surface area contributed by atoms with Crippen molar-refractivity contribution in [3.63, 3.8) is 0 Å². The number of hydrogen-bond acceptors (Lipinski definition) is 7. The van der Waals surface area contributed by atoms with Crippen LogP contribution in [0.15, 0.2) is 60.9 Å². The van der Waals surface area contributed by atoms with Crippen molar-refractivity contribution in [1.82, 2.24) is 0 Å². The Morgan fingerprint density at radius 1 is 0.879 bits per heavy atom.